The van der Waals surface area contributed by atoms with Gasteiger partial charge in [-0.25, -0.2) is 0 Å². The van der Waals surface area contributed by atoms with Crippen molar-refractivity contribution in [2.24, 2.45) is 5.41 Å². The molecule has 136 valence electrons. The Balaban J connectivity index is 2.44. The van der Waals surface area contributed by atoms with E-state index in [-0.39, 0.29) is 16.9 Å². The first-order chi connectivity index (χ1) is 12.8. The number of Topliss-reactive ketones (excluding diaryl/α,β-unsaturated/α-hetero) is 1. The quantitative estimate of drug-likeness (QED) is 0.686. The Labute approximate surface area is 165 Å². The first kappa shape index (κ1) is 19.0. The zero-order valence-electron chi connectivity index (χ0n) is 15.2. The number of aromatic nitrogens is 1. The van der Waals surface area contributed by atoms with Gasteiger partial charge in [-0.05, 0) is 29.7 Å². The first-order valence-electron chi connectivity index (χ1n) is 8.34. The predicted molar refractivity (Wildman–Crippen MR) is 111 cm³/mol. The lowest BCUT2D eigenvalue weighted by molar-refractivity contribution is -0.120. The van der Waals surface area contributed by atoms with E-state index >= 15 is 0 Å². The smallest absolute Gasteiger partial charge is 0.273 e. The Morgan fingerprint density at radius 2 is 1.85 bits per heavy atom. The summed E-state index contributed by atoms with van der Waals surface area (Å²) < 4.78 is 2.33. The lowest BCUT2D eigenvalue weighted by Gasteiger charge is -2.15. The third-order valence-electron chi connectivity index (χ3n) is 3.89. The number of carbonyl (C=O) groups excluding carboxylic acids is 1. The fourth-order valence-corrected chi connectivity index (χ4v) is 4.36. The van der Waals surface area contributed by atoms with Crippen LogP contribution in [0.2, 0.25) is 0 Å². The van der Waals surface area contributed by atoms with E-state index in [0.29, 0.717) is 14.9 Å². The number of nitriles is 1. The number of hydrogen-bond donors (Lipinski definition) is 0. The third kappa shape index (κ3) is 3.85. The number of thiazole rings is 1. The maximum Gasteiger partial charge on any atom is 0.273 e. The number of benzene rings is 1. The molecule has 0 spiro atoms. The van der Waals surface area contributed by atoms with Crippen LogP contribution >= 0.6 is 22.7 Å². The molecular formula is C21H18N2O2S2. The highest BCUT2D eigenvalue weighted by Crippen LogP contribution is 2.20. The van der Waals surface area contributed by atoms with Crippen LogP contribution in [0.5, 0.6) is 0 Å². The zero-order valence-corrected chi connectivity index (χ0v) is 16.9. The second-order valence-electron chi connectivity index (χ2n) is 6.97. The SMILES string of the molecule is CC(C)(C)C(=O)/C(C#N)=c1\s/c(=C\c2cccs2)c(=O)n1-c1ccccc1. The van der Waals surface area contributed by atoms with E-state index in [9.17, 15) is 14.9 Å². The number of para-hydroxylation sites is 1. The van der Waals surface area contributed by atoms with Crippen molar-refractivity contribution in [1.29, 1.82) is 5.26 Å². The molecule has 0 unspecified atom stereocenters. The molecular weight excluding hydrogens is 376 g/mol. The second-order valence-corrected chi connectivity index (χ2v) is 8.98. The highest BCUT2D eigenvalue weighted by molar-refractivity contribution is 7.11. The summed E-state index contributed by atoms with van der Waals surface area (Å²) in [7, 11) is 0. The molecule has 0 saturated heterocycles. The number of hydrogen-bond acceptors (Lipinski definition) is 5. The maximum atomic E-state index is 13.1. The molecule has 27 heavy (non-hydrogen) atoms. The molecule has 3 aromatic rings. The van der Waals surface area contributed by atoms with Crippen molar-refractivity contribution in [2.75, 3.05) is 0 Å². The normalized spacial score (nSPS) is 13.3. The first-order valence-corrected chi connectivity index (χ1v) is 10.0. The molecule has 0 aliphatic heterocycles. The molecule has 2 aromatic heterocycles. The summed E-state index contributed by atoms with van der Waals surface area (Å²) in [6, 6.07) is 15.0. The minimum Gasteiger partial charge on any atom is -0.293 e. The molecule has 0 N–H and O–H groups in total. The summed E-state index contributed by atoms with van der Waals surface area (Å²) >= 11 is 2.70. The van der Waals surface area contributed by atoms with Gasteiger partial charge in [0.05, 0.1) is 10.2 Å². The number of thiophene rings is 1. The van der Waals surface area contributed by atoms with E-state index in [1.807, 2.05) is 41.8 Å². The second kappa shape index (κ2) is 7.47. The highest BCUT2D eigenvalue weighted by Gasteiger charge is 2.27. The van der Waals surface area contributed by atoms with Gasteiger partial charge in [-0.2, -0.15) is 5.26 Å². The molecule has 4 nitrogen and oxygen atoms in total. The van der Waals surface area contributed by atoms with E-state index in [1.54, 1.807) is 39.0 Å². The molecule has 1 aromatic carbocycles. The topological polar surface area (TPSA) is 62.9 Å². The Morgan fingerprint density at radius 3 is 2.41 bits per heavy atom. The summed E-state index contributed by atoms with van der Waals surface area (Å²) in [4.78, 5) is 26.9. The minimum absolute atomic E-state index is 0.0132. The van der Waals surface area contributed by atoms with Crippen molar-refractivity contribution in [1.82, 2.24) is 4.57 Å². The van der Waals surface area contributed by atoms with Gasteiger partial charge < -0.3 is 0 Å². The Hall–Kier alpha value is -2.75. The summed E-state index contributed by atoms with van der Waals surface area (Å²) in [5.74, 6) is -0.279. The summed E-state index contributed by atoms with van der Waals surface area (Å²) in [6.07, 6.45) is 1.80. The van der Waals surface area contributed by atoms with Crippen LogP contribution < -0.4 is 14.8 Å². The fraction of sp³-hybridized carbons (Fsp3) is 0.190. The molecule has 0 fully saturated rings. The van der Waals surface area contributed by atoms with E-state index in [2.05, 4.69) is 0 Å². The molecule has 0 saturated carbocycles. The van der Waals surface area contributed by atoms with Crippen LogP contribution in [0.1, 0.15) is 25.6 Å². The monoisotopic (exact) mass is 394 g/mol. The van der Waals surface area contributed by atoms with Crippen molar-refractivity contribution in [3.05, 3.63) is 72.3 Å². The number of rotatable bonds is 3. The Bertz CT molecular complexity index is 1190. The standard InChI is InChI=1S/C21H18N2O2S2/c1-21(2,3)18(24)16(13-22)20-23(14-8-5-4-6-9-14)19(25)17(27-20)12-15-10-7-11-26-15/h4-12H,1-3H3/b17-12-,20-16-. The predicted octanol–water partition coefficient (Wildman–Crippen LogP) is 3.08. The highest BCUT2D eigenvalue weighted by atomic mass is 32.1. The zero-order chi connectivity index (χ0) is 19.6. The van der Waals surface area contributed by atoms with E-state index in [1.165, 1.54) is 27.2 Å². The molecule has 0 aliphatic carbocycles. The lowest BCUT2D eigenvalue weighted by atomic mass is 9.87. The van der Waals surface area contributed by atoms with Crippen LogP contribution in [-0.4, -0.2) is 10.4 Å². The Kier molecular flexibility index (Phi) is 5.26. The van der Waals surface area contributed by atoms with Gasteiger partial charge in [0.25, 0.3) is 5.56 Å². The summed E-state index contributed by atoms with van der Waals surface area (Å²) in [5.41, 5.74) is -0.304. The molecule has 3 rings (SSSR count). The van der Waals surface area contributed by atoms with E-state index < -0.39 is 5.41 Å². The van der Waals surface area contributed by atoms with Crippen LogP contribution in [-0.2, 0) is 4.79 Å². The van der Waals surface area contributed by atoms with Crippen LogP contribution in [0.25, 0.3) is 17.3 Å². The summed E-state index contributed by atoms with van der Waals surface area (Å²) in [6.45, 7) is 5.30. The van der Waals surface area contributed by atoms with E-state index in [4.69, 9.17) is 0 Å². The van der Waals surface area contributed by atoms with Gasteiger partial charge in [-0.15, -0.1) is 22.7 Å². The average molecular weight is 395 g/mol. The van der Waals surface area contributed by atoms with Gasteiger partial charge in [-0.1, -0.05) is 45.0 Å². The molecule has 0 bridgehead atoms. The van der Waals surface area contributed by atoms with Gasteiger partial charge in [0.2, 0.25) is 0 Å². The van der Waals surface area contributed by atoms with Crippen LogP contribution in [0.4, 0.5) is 0 Å². The van der Waals surface area contributed by atoms with Crippen molar-refractivity contribution in [3.8, 4) is 11.8 Å². The van der Waals surface area contributed by atoms with Crippen LogP contribution in [0.15, 0.2) is 52.6 Å². The lowest BCUT2D eigenvalue weighted by Crippen LogP contribution is -2.33. The van der Waals surface area contributed by atoms with E-state index in [0.717, 1.165) is 4.88 Å². The molecule has 0 radical (unpaired) electrons. The Morgan fingerprint density at radius 1 is 1.15 bits per heavy atom. The maximum absolute atomic E-state index is 13.1. The van der Waals surface area contributed by atoms with Crippen molar-refractivity contribution in [2.45, 2.75) is 20.8 Å². The van der Waals surface area contributed by atoms with Crippen molar-refractivity contribution in [3.63, 3.8) is 0 Å². The van der Waals surface area contributed by atoms with Gasteiger partial charge in [0.15, 0.2) is 5.78 Å². The fourth-order valence-electron chi connectivity index (χ4n) is 2.53. The molecule has 0 amide bonds. The molecule has 2 heterocycles. The number of nitrogens with zero attached hydrogens (tertiary/aromatic N) is 2. The van der Waals surface area contributed by atoms with Crippen molar-refractivity contribution >= 4 is 40.1 Å². The minimum atomic E-state index is -0.718. The largest absolute Gasteiger partial charge is 0.293 e. The van der Waals surface area contributed by atoms with Gasteiger partial charge in [0, 0.05) is 10.3 Å². The van der Waals surface area contributed by atoms with Gasteiger partial charge in [-0.3, -0.25) is 14.2 Å². The molecule has 0 aliphatic rings. The molecule has 6 heteroatoms. The van der Waals surface area contributed by atoms with Crippen molar-refractivity contribution < 1.29 is 4.79 Å². The number of carbonyl (C=O) groups is 1. The van der Waals surface area contributed by atoms with Gasteiger partial charge >= 0.3 is 0 Å². The van der Waals surface area contributed by atoms with Crippen LogP contribution in [0, 0.1) is 16.7 Å². The van der Waals surface area contributed by atoms with Crippen LogP contribution in [0.3, 0.4) is 0 Å². The average Bonchev–Trinajstić information content (AvgIpc) is 3.25. The number of ketones is 1. The third-order valence-corrected chi connectivity index (χ3v) is 5.80. The molecule has 0 atom stereocenters. The van der Waals surface area contributed by atoms with Gasteiger partial charge in [0.1, 0.15) is 16.3 Å². The summed E-state index contributed by atoms with van der Waals surface area (Å²) in [5, 5.41) is 11.7.